The molecule has 1 aliphatic carbocycles. The number of morpholine rings is 1. The van der Waals surface area contributed by atoms with E-state index in [9.17, 15) is 9.59 Å². The van der Waals surface area contributed by atoms with Gasteiger partial charge in [0.1, 0.15) is 0 Å². The van der Waals surface area contributed by atoms with Crippen LogP contribution in [0.1, 0.15) is 46.0 Å². The average molecular weight is 269 g/mol. The minimum atomic E-state index is -0.849. The second-order valence-electron chi connectivity index (χ2n) is 6.41. The van der Waals surface area contributed by atoms with Crippen molar-refractivity contribution in [3.63, 3.8) is 0 Å². The number of carbonyl (C=O) groups excluding carboxylic acids is 1. The summed E-state index contributed by atoms with van der Waals surface area (Å²) in [5, 5.41) is 8.88. The minimum Gasteiger partial charge on any atom is -0.481 e. The molecule has 1 heterocycles. The van der Waals surface area contributed by atoms with Gasteiger partial charge in [-0.05, 0) is 24.7 Å². The summed E-state index contributed by atoms with van der Waals surface area (Å²) in [6.07, 6.45) is 3.67. The molecule has 5 heteroatoms. The lowest BCUT2D eigenvalue weighted by atomic mass is 9.85. The van der Waals surface area contributed by atoms with E-state index in [-0.39, 0.29) is 24.5 Å². The summed E-state index contributed by atoms with van der Waals surface area (Å²) < 4.78 is 5.69. The molecule has 0 spiro atoms. The van der Waals surface area contributed by atoms with Gasteiger partial charge in [0.15, 0.2) is 0 Å². The standard InChI is InChI=1S/C14H23NO4/c1-14(2,9-13(17)18)8-12(16)15-6-7-19-11-5-3-4-10(11)15/h10-11H,3-9H2,1-2H3,(H,17,18). The molecule has 1 N–H and O–H groups in total. The summed E-state index contributed by atoms with van der Waals surface area (Å²) in [6.45, 7) is 4.92. The predicted molar refractivity (Wildman–Crippen MR) is 69.7 cm³/mol. The highest BCUT2D eigenvalue weighted by molar-refractivity contribution is 5.78. The maximum atomic E-state index is 12.4. The topological polar surface area (TPSA) is 66.8 Å². The van der Waals surface area contributed by atoms with E-state index in [1.807, 2.05) is 18.7 Å². The molecule has 1 amide bonds. The van der Waals surface area contributed by atoms with Gasteiger partial charge in [-0.1, -0.05) is 13.8 Å². The lowest BCUT2D eigenvalue weighted by Crippen LogP contribution is -2.52. The van der Waals surface area contributed by atoms with E-state index < -0.39 is 11.4 Å². The van der Waals surface area contributed by atoms with Crippen LogP contribution in [0.25, 0.3) is 0 Å². The van der Waals surface area contributed by atoms with Crippen LogP contribution >= 0.6 is 0 Å². The minimum absolute atomic E-state index is 0.0250. The molecule has 2 rings (SSSR count). The Balaban J connectivity index is 1.97. The molecule has 5 nitrogen and oxygen atoms in total. The number of carboxylic acid groups (broad SMARTS) is 1. The summed E-state index contributed by atoms with van der Waals surface area (Å²) in [5.74, 6) is -0.773. The molecule has 2 atom stereocenters. The Morgan fingerprint density at radius 2 is 2.05 bits per heavy atom. The van der Waals surface area contributed by atoms with Crippen LogP contribution in [0, 0.1) is 5.41 Å². The number of fused-ring (bicyclic) bond motifs is 1. The number of nitrogens with zero attached hydrogens (tertiary/aromatic N) is 1. The van der Waals surface area contributed by atoms with Crippen LogP contribution in [0.4, 0.5) is 0 Å². The van der Waals surface area contributed by atoms with Crippen LogP contribution in [0.15, 0.2) is 0 Å². The van der Waals surface area contributed by atoms with Gasteiger partial charge in [-0.15, -0.1) is 0 Å². The summed E-state index contributed by atoms with van der Waals surface area (Å²) in [4.78, 5) is 25.1. The maximum absolute atomic E-state index is 12.4. The van der Waals surface area contributed by atoms with E-state index in [1.54, 1.807) is 0 Å². The van der Waals surface area contributed by atoms with Gasteiger partial charge in [0.2, 0.25) is 5.91 Å². The first-order chi connectivity index (χ1) is 8.89. The number of carboxylic acids is 1. The lowest BCUT2D eigenvalue weighted by Gasteiger charge is -2.39. The SMILES string of the molecule is CC(C)(CC(=O)O)CC(=O)N1CCOC2CCCC21. The number of ether oxygens (including phenoxy) is 1. The van der Waals surface area contributed by atoms with Gasteiger partial charge in [-0.2, -0.15) is 0 Å². The summed E-state index contributed by atoms with van der Waals surface area (Å²) in [6, 6.07) is 0.210. The molecular weight excluding hydrogens is 246 g/mol. The van der Waals surface area contributed by atoms with Gasteiger partial charge in [0.25, 0.3) is 0 Å². The number of rotatable bonds is 4. The molecule has 108 valence electrons. The van der Waals surface area contributed by atoms with Crippen molar-refractivity contribution in [1.29, 1.82) is 0 Å². The molecular formula is C14H23NO4. The molecule has 19 heavy (non-hydrogen) atoms. The number of hydrogen-bond acceptors (Lipinski definition) is 3. The second-order valence-corrected chi connectivity index (χ2v) is 6.41. The van der Waals surface area contributed by atoms with E-state index in [0.29, 0.717) is 19.6 Å². The van der Waals surface area contributed by atoms with Crippen LogP contribution in [0.2, 0.25) is 0 Å². The number of aliphatic carboxylic acids is 1. The fourth-order valence-corrected chi connectivity index (χ4v) is 3.22. The smallest absolute Gasteiger partial charge is 0.303 e. The van der Waals surface area contributed by atoms with Gasteiger partial charge in [0.05, 0.1) is 25.2 Å². The van der Waals surface area contributed by atoms with Gasteiger partial charge < -0.3 is 14.7 Å². The van der Waals surface area contributed by atoms with Gasteiger partial charge >= 0.3 is 5.97 Å². The van der Waals surface area contributed by atoms with Crippen molar-refractivity contribution < 1.29 is 19.4 Å². The molecule has 0 radical (unpaired) electrons. The number of amides is 1. The summed E-state index contributed by atoms with van der Waals surface area (Å²) in [7, 11) is 0. The third-order valence-electron chi connectivity index (χ3n) is 4.06. The van der Waals surface area contributed by atoms with Crippen LogP contribution in [0.3, 0.4) is 0 Å². The van der Waals surface area contributed by atoms with E-state index in [1.165, 1.54) is 0 Å². The van der Waals surface area contributed by atoms with Gasteiger partial charge in [0, 0.05) is 13.0 Å². The van der Waals surface area contributed by atoms with Gasteiger partial charge in [-0.3, -0.25) is 9.59 Å². The van der Waals surface area contributed by atoms with E-state index in [0.717, 1.165) is 19.3 Å². The number of carbonyl (C=O) groups is 2. The molecule has 2 aliphatic rings. The fourth-order valence-electron chi connectivity index (χ4n) is 3.22. The molecule has 1 aliphatic heterocycles. The molecule has 0 aromatic rings. The Kier molecular flexibility index (Phi) is 4.13. The molecule has 0 aromatic carbocycles. The zero-order chi connectivity index (χ0) is 14.0. The molecule has 1 saturated heterocycles. The van der Waals surface area contributed by atoms with Crippen molar-refractivity contribution in [3.05, 3.63) is 0 Å². The fraction of sp³-hybridized carbons (Fsp3) is 0.857. The summed E-state index contributed by atoms with van der Waals surface area (Å²) in [5.41, 5.74) is -0.491. The molecule has 2 unspecified atom stereocenters. The van der Waals surface area contributed by atoms with Crippen LogP contribution in [0.5, 0.6) is 0 Å². The molecule has 0 bridgehead atoms. The van der Waals surface area contributed by atoms with Crippen molar-refractivity contribution in [3.8, 4) is 0 Å². The predicted octanol–water partition coefficient (Wildman–Crippen LogP) is 1.66. The average Bonchev–Trinajstić information content (AvgIpc) is 2.73. The van der Waals surface area contributed by atoms with Gasteiger partial charge in [-0.25, -0.2) is 0 Å². The molecule has 1 saturated carbocycles. The zero-order valence-electron chi connectivity index (χ0n) is 11.7. The van der Waals surface area contributed by atoms with Crippen molar-refractivity contribution in [1.82, 2.24) is 4.90 Å². The highest BCUT2D eigenvalue weighted by Crippen LogP contribution is 2.32. The highest BCUT2D eigenvalue weighted by atomic mass is 16.5. The highest BCUT2D eigenvalue weighted by Gasteiger charge is 2.39. The van der Waals surface area contributed by atoms with Crippen LogP contribution in [-0.4, -0.2) is 47.2 Å². The first kappa shape index (κ1) is 14.3. The Bertz CT molecular complexity index is 366. The van der Waals surface area contributed by atoms with E-state index >= 15 is 0 Å². The molecule has 0 aromatic heterocycles. The Labute approximate surface area is 113 Å². The Morgan fingerprint density at radius 3 is 2.74 bits per heavy atom. The normalized spacial score (nSPS) is 27.2. The largest absolute Gasteiger partial charge is 0.481 e. The Hall–Kier alpha value is -1.10. The van der Waals surface area contributed by atoms with E-state index in [4.69, 9.17) is 9.84 Å². The monoisotopic (exact) mass is 269 g/mol. The second kappa shape index (κ2) is 5.49. The maximum Gasteiger partial charge on any atom is 0.303 e. The Morgan fingerprint density at radius 1 is 1.32 bits per heavy atom. The van der Waals surface area contributed by atoms with Crippen molar-refractivity contribution in [2.24, 2.45) is 5.41 Å². The first-order valence-corrected chi connectivity index (χ1v) is 7.02. The summed E-state index contributed by atoms with van der Waals surface area (Å²) >= 11 is 0. The lowest BCUT2D eigenvalue weighted by molar-refractivity contribution is -0.147. The van der Waals surface area contributed by atoms with Crippen LogP contribution in [-0.2, 0) is 14.3 Å². The third-order valence-corrected chi connectivity index (χ3v) is 4.06. The molecule has 2 fully saturated rings. The quantitative estimate of drug-likeness (QED) is 0.843. The number of hydrogen-bond donors (Lipinski definition) is 1. The van der Waals surface area contributed by atoms with Crippen LogP contribution < -0.4 is 0 Å². The van der Waals surface area contributed by atoms with Crippen molar-refractivity contribution >= 4 is 11.9 Å². The van der Waals surface area contributed by atoms with Crippen molar-refractivity contribution in [2.45, 2.75) is 58.1 Å². The zero-order valence-corrected chi connectivity index (χ0v) is 11.7. The third kappa shape index (κ3) is 3.47. The first-order valence-electron chi connectivity index (χ1n) is 7.02. The van der Waals surface area contributed by atoms with E-state index in [2.05, 4.69) is 0 Å². The van der Waals surface area contributed by atoms with Crippen molar-refractivity contribution in [2.75, 3.05) is 13.2 Å².